The van der Waals surface area contributed by atoms with Gasteiger partial charge in [-0.3, -0.25) is 9.69 Å². The second kappa shape index (κ2) is 8.02. The topological polar surface area (TPSA) is 32.3 Å². The highest BCUT2D eigenvalue weighted by atomic mass is 35.5. The zero-order valence-electron chi connectivity index (χ0n) is 13.3. The molecule has 1 aliphatic rings. The summed E-state index contributed by atoms with van der Waals surface area (Å²) in [6.45, 7) is 2.81. The number of halogens is 2. The molecule has 1 saturated heterocycles. The average Bonchev–Trinajstić information content (AvgIpc) is 2.98. The fourth-order valence-corrected chi connectivity index (χ4v) is 3.53. The highest BCUT2D eigenvalue weighted by molar-refractivity contribution is 6.35. The van der Waals surface area contributed by atoms with Crippen molar-refractivity contribution < 1.29 is 4.79 Å². The summed E-state index contributed by atoms with van der Waals surface area (Å²) in [5.74, 6) is 0.00536. The zero-order valence-corrected chi connectivity index (χ0v) is 14.9. The number of hydrogen-bond donors (Lipinski definition) is 1. The molecule has 1 aliphatic heterocycles. The summed E-state index contributed by atoms with van der Waals surface area (Å²) in [4.78, 5) is 14.6. The molecule has 0 aromatic heterocycles. The maximum atomic E-state index is 12.2. The Bertz CT molecular complexity index is 706. The van der Waals surface area contributed by atoms with E-state index in [0.717, 1.165) is 31.6 Å². The van der Waals surface area contributed by atoms with Crippen molar-refractivity contribution in [2.24, 2.45) is 0 Å². The van der Waals surface area contributed by atoms with E-state index in [1.807, 2.05) is 6.07 Å². The van der Waals surface area contributed by atoms with Crippen molar-refractivity contribution in [3.05, 3.63) is 69.7 Å². The Hall–Kier alpha value is -1.55. The first-order chi connectivity index (χ1) is 11.6. The molecule has 0 spiro atoms. The van der Waals surface area contributed by atoms with Crippen LogP contribution in [0.4, 0.5) is 0 Å². The first-order valence-corrected chi connectivity index (χ1v) is 8.85. The van der Waals surface area contributed by atoms with Gasteiger partial charge in [0, 0.05) is 35.7 Å². The van der Waals surface area contributed by atoms with Gasteiger partial charge >= 0.3 is 0 Å². The van der Waals surface area contributed by atoms with E-state index in [2.05, 4.69) is 34.5 Å². The number of benzene rings is 2. The minimum absolute atomic E-state index is 0.00536. The maximum Gasteiger partial charge on any atom is 0.224 e. The third kappa shape index (κ3) is 4.73. The van der Waals surface area contributed by atoms with E-state index < -0.39 is 0 Å². The second-order valence-electron chi connectivity index (χ2n) is 6.19. The first kappa shape index (κ1) is 17.3. The van der Waals surface area contributed by atoms with Gasteiger partial charge in [0.1, 0.15) is 0 Å². The number of carbonyl (C=O) groups is 1. The van der Waals surface area contributed by atoms with Gasteiger partial charge in [-0.15, -0.1) is 0 Å². The number of amides is 1. The van der Waals surface area contributed by atoms with Gasteiger partial charge in [0.25, 0.3) is 0 Å². The third-order valence-corrected chi connectivity index (χ3v) is 4.84. The van der Waals surface area contributed by atoms with Crippen molar-refractivity contribution in [2.75, 3.05) is 13.1 Å². The molecular weight excluding hydrogens is 343 g/mol. The lowest BCUT2D eigenvalue weighted by Gasteiger charge is -2.17. The Morgan fingerprint density at radius 1 is 1.17 bits per heavy atom. The van der Waals surface area contributed by atoms with Crippen LogP contribution in [0, 0.1) is 0 Å². The fourth-order valence-electron chi connectivity index (χ4n) is 3.05. The standard InChI is InChI=1S/C19H20Cl2N2O/c20-16-7-6-15(18(21)11-16)10-19(24)22-17-8-9-23(13-17)12-14-4-2-1-3-5-14/h1-7,11,17H,8-10,12-13H2,(H,22,24). The normalized spacial score (nSPS) is 17.8. The molecule has 24 heavy (non-hydrogen) atoms. The Morgan fingerprint density at radius 2 is 1.96 bits per heavy atom. The highest BCUT2D eigenvalue weighted by Gasteiger charge is 2.24. The smallest absolute Gasteiger partial charge is 0.224 e. The molecule has 3 nitrogen and oxygen atoms in total. The third-order valence-electron chi connectivity index (χ3n) is 4.25. The van der Waals surface area contributed by atoms with Crippen LogP contribution < -0.4 is 5.32 Å². The lowest BCUT2D eigenvalue weighted by atomic mass is 10.1. The van der Waals surface area contributed by atoms with Gasteiger partial charge in [-0.25, -0.2) is 0 Å². The molecule has 0 bridgehead atoms. The van der Waals surface area contributed by atoms with Gasteiger partial charge in [0.15, 0.2) is 0 Å². The van der Waals surface area contributed by atoms with Gasteiger partial charge in [-0.1, -0.05) is 59.6 Å². The Balaban J connectivity index is 1.49. The molecule has 1 unspecified atom stereocenters. The van der Waals surface area contributed by atoms with Crippen LogP contribution >= 0.6 is 23.2 Å². The number of carbonyl (C=O) groups excluding carboxylic acids is 1. The molecule has 1 fully saturated rings. The van der Waals surface area contributed by atoms with Crippen LogP contribution in [-0.2, 0) is 17.8 Å². The molecule has 126 valence electrons. The van der Waals surface area contributed by atoms with Gasteiger partial charge in [0.05, 0.1) is 6.42 Å². The van der Waals surface area contributed by atoms with Crippen molar-refractivity contribution in [3.63, 3.8) is 0 Å². The van der Waals surface area contributed by atoms with Crippen LogP contribution in [0.2, 0.25) is 10.0 Å². The molecule has 5 heteroatoms. The van der Waals surface area contributed by atoms with E-state index in [1.54, 1.807) is 18.2 Å². The van der Waals surface area contributed by atoms with Gasteiger partial charge in [-0.2, -0.15) is 0 Å². The maximum absolute atomic E-state index is 12.2. The Labute approximate surface area is 152 Å². The number of nitrogens with one attached hydrogen (secondary N) is 1. The van der Waals surface area contributed by atoms with Crippen LogP contribution in [0.15, 0.2) is 48.5 Å². The SMILES string of the molecule is O=C(Cc1ccc(Cl)cc1Cl)NC1CCN(Cc2ccccc2)C1. The number of rotatable bonds is 5. The minimum Gasteiger partial charge on any atom is -0.352 e. The average molecular weight is 363 g/mol. The molecular formula is C19H20Cl2N2O. The van der Waals surface area contributed by atoms with Crippen molar-refractivity contribution in [1.29, 1.82) is 0 Å². The molecule has 1 N–H and O–H groups in total. The molecule has 2 aromatic carbocycles. The quantitative estimate of drug-likeness (QED) is 0.873. The number of nitrogens with zero attached hydrogens (tertiary/aromatic N) is 1. The summed E-state index contributed by atoms with van der Waals surface area (Å²) >= 11 is 12.0. The van der Waals surface area contributed by atoms with Crippen LogP contribution in [0.25, 0.3) is 0 Å². The van der Waals surface area contributed by atoms with Gasteiger partial charge < -0.3 is 5.32 Å². The summed E-state index contributed by atoms with van der Waals surface area (Å²) < 4.78 is 0. The summed E-state index contributed by atoms with van der Waals surface area (Å²) in [7, 11) is 0. The van der Waals surface area contributed by atoms with Crippen molar-refractivity contribution in [1.82, 2.24) is 10.2 Å². The predicted octanol–water partition coefficient (Wildman–Crippen LogP) is 3.93. The lowest BCUT2D eigenvalue weighted by molar-refractivity contribution is -0.121. The summed E-state index contributed by atoms with van der Waals surface area (Å²) in [6, 6.07) is 15.8. The van der Waals surface area contributed by atoms with Gasteiger partial charge in [-0.05, 0) is 29.7 Å². The molecule has 0 saturated carbocycles. The van der Waals surface area contributed by atoms with E-state index in [9.17, 15) is 4.79 Å². The highest BCUT2D eigenvalue weighted by Crippen LogP contribution is 2.21. The zero-order chi connectivity index (χ0) is 16.9. The number of likely N-dealkylation sites (tertiary alicyclic amines) is 1. The van der Waals surface area contributed by atoms with E-state index in [0.29, 0.717) is 10.0 Å². The lowest BCUT2D eigenvalue weighted by Crippen LogP contribution is -2.37. The molecule has 0 aliphatic carbocycles. The van der Waals surface area contributed by atoms with E-state index in [4.69, 9.17) is 23.2 Å². The van der Waals surface area contributed by atoms with Crippen LogP contribution in [0.5, 0.6) is 0 Å². The van der Waals surface area contributed by atoms with Crippen molar-refractivity contribution in [3.8, 4) is 0 Å². The molecule has 2 aromatic rings. The molecule has 1 amide bonds. The fraction of sp³-hybridized carbons (Fsp3) is 0.316. The van der Waals surface area contributed by atoms with Crippen molar-refractivity contribution in [2.45, 2.75) is 25.4 Å². The Kier molecular flexibility index (Phi) is 5.77. The van der Waals surface area contributed by atoms with Crippen molar-refractivity contribution >= 4 is 29.1 Å². The molecule has 1 atom stereocenters. The van der Waals surface area contributed by atoms with Crippen LogP contribution in [0.1, 0.15) is 17.5 Å². The number of hydrogen-bond acceptors (Lipinski definition) is 2. The van der Waals surface area contributed by atoms with Gasteiger partial charge in [0.2, 0.25) is 5.91 Å². The predicted molar refractivity (Wildman–Crippen MR) is 98.4 cm³/mol. The largest absolute Gasteiger partial charge is 0.352 e. The Morgan fingerprint density at radius 3 is 2.71 bits per heavy atom. The van der Waals surface area contributed by atoms with Crippen LogP contribution in [0.3, 0.4) is 0 Å². The van der Waals surface area contributed by atoms with Crippen LogP contribution in [-0.4, -0.2) is 29.9 Å². The molecule has 1 heterocycles. The van der Waals surface area contributed by atoms with E-state index in [-0.39, 0.29) is 18.4 Å². The minimum atomic E-state index is 0.00536. The summed E-state index contributed by atoms with van der Waals surface area (Å²) in [6.07, 6.45) is 1.26. The van der Waals surface area contributed by atoms with E-state index >= 15 is 0 Å². The second-order valence-corrected chi connectivity index (χ2v) is 7.03. The first-order valence-electron chi connectivity index (χ1n) is 8.10. The monoisotopic (exact) mass is 362 g/mol. The van der Waals surface area contributed by atoms with E-state index in [1.165, 1.54) is 5.56 Å². The molecule has 0 radical (unpaired) electrons. The molecule has 3 rings (SSSR count). The summed E-state index contributed by atoms with van der Waals surface area (Å²) in [5, 5.41) is 4.23. The summed E-state index contributed by atoms with van der Waals surface area (Å²) in [5.41, 5.74) is 2.11.